The van der Waals surface area contributed by atoms with Gasteiger partial charge in [0, 0.05) is 11.3 Å². The van der Waals surface area contributed by atoms with Crippen molar-refractivity contribution < 1.29 is 9.84 Å². The Bertz CT molecular complexity index is 954. The fourth-order valence-electron chi connectivity index (χ4n) is 2.80. The first kappa shape index (κ1) is 17.7. The highest BCUT2D eigenvalue weighted by Crippen LogP contribution is 2.24. The molecule has 1 aromatic heterocycles. The summed E-state index contributed by atoms with van der Waals surface area (Å²) in [6.45, 7) is 1.97. The molecular formula is C20H21N3O3. The molecule has 3 rings (SSSR count). The third-order valence-corrected chi connectivity index (χ3v) is 4.09. The van der Waals surface area contributed by atoms with Crippen LogP contribution in [0.4, 0.5) is 0 Å². The molecule has 0 saturated carbocycles. The van der Waals surface area contributed by atoms with Crippen molar-refractivity contribution in [2.24, 2.45) is 4.99 Å². The number of nitrogens with zero attached hydrogens (tertiary/aromatic N) is 2. The SMILES string of the molecule is COc1ccc(-c2[nH]n(-c3ccccc3)c(=O)c2C(C)=NCCO)cc1. The van der Waals surface area contributed by atoms with E-state index in [0.717, 1.165) is 17.0 Å². The summed E-state index contributed by atoms with van der Waals surface area (Å²) >= 11 is 0. The van der Waals surface area contributed by atoms with Crippen molar-refractivity contribution in [3.8, 4) is 22.7 Å². The number of ether oxygens (including phenoxy) is 1. The van der Waals surface area contributed by atoms with E-state index in [9.17, 15) is 4.79 Å². The number of benzene rings is 2. The lowest BCUT2D eigenvalue weighted by Crippen LogP contribution is -2.19. The number of hydrogen-bond donors (Lipinski definition) is 2. The Hall–Kier alpha value is -3.12. The highest BCUT2D eigenvalue weighted by atomic mass is 16.5. The van der Waals surface area contributed by atoms with Crippen molar-refractivity contribution in [2.45, 2.75) is 6.92 Å². The number of H-pyrrole nitrogens is 1. The van der Waals surface area contributed by atoms with Gasteiger partial charge < -0.3 is 9.84 Å². The Morgan fingerprint density at radius 3 is 2.46 bits per heavy atom. The molecule has 2 aromatic carbocycles. The van der Waals surface area contributed by atoms with E-state index in [1.807, 2.05) is 54.6 Å². The van der Waals surface area contributed by atoms with E-state index in [-0.39, 0.29) is 18.7 Å². The molecule has 0 aliphatic carbocycles. The number of aliphatic hydroxyl groups is 1. The van der Waals surface area contributed by atoms with E-state index >= 15 is 0 Å². The molecule has 0 bridgehead atoms. The number of aliphatic hydroxyl groups excluding tert-OH is 1. The zero-order valence-electron chi connectivity index (χ0n) is 14.8. The van der Waals surface area contributed by atoms with Crippen LogP contribution in [0.2, 0.25) is 0 Å². The molecule has 134 valence electrons. The molecule has 6 nitrogen and oxygen atoms in total. The number of rotatable bonds is 6. The van der Waals surface area contributed by atoms with Crippen LogP contribution in [0, 0.1) is 0 Å². The van der Waals surface area contributed by atoms with Crippen molar-refractivity contribution in [2.75, 3.05) is 20.3 Å². The average Bonchev–Trinajstić information content (AvgIpc) is 3.04. The van der Waals surface area contributed by atoms with Crippen LogP contribution in [-0.2, 0) is 0 Å². The molecule has 0 unspecified atom stereocenters. The monoisotopic (exact) mass is 351 g/mol. The van der Waals surface area contributed by atoms with Crippen LogP contribution >= 0.6 is 0 Å². The minimum Gasteiger partial charge on any atom is -0.497 e. The number of methoxy groups -OCH3 is 1. The van der Waals surface area contributed by atoms with Gasteiger partial charge in [-0.05, 0) is 43.3 Å². The van der Waals surface area contributed by atoms with Crippen LogP contribution in [0.25, 0.3) is 16.9 Å². The summed E-state index contributed by atoms with van der Waals surface area (Å²) in [6.07, 6.45) is 0. The highest BCUT2D eigenvalue weighted by Gasteiger charge is 2.19. The number of aliphatic imine (C=N–C) groups is 1. The summed E-state index contributed by atoms with van der Waals surface area (Å²) in [5.74, 6) is 0.741. The van der Waals surface area contributed by atoms with Gasteiger partial charge in [-0.2, -0.15) is 0 Å². The van der Waals surface area contributed by atoms with Crippen LogP contribution in [0.1, 0.15) is 12.5 Å². The topological polar surface area (TPSA) is 79.6 Å². The largest absolute Gasteiger partial charge is 0.497 e. The van der Waals surface area contributed by atoms with Crippen molar-refractivity contribution in [3.05, 3.63) is 70.5 Å². The second-order valence-corrected chi connectivity index (χ2v) is 5.76. The van der Waals surface area contributed by atoms with Gasteiger partial charge in [0.2, 0.25) is 0 Å². The summed E-state index contributed by atoms with van der Waals surface area (Å²) in [5.41, 5.74) is 3.18. The van der Waals surface area contributed by atoms with E-state index in [1.54, 1.807) is 14.0 Å². The van der Waals surface area contributed by atoms with E-state index < -0.39 is 0 Å². The second kappa shape index (κ2) is 7.84. The summed E-state index contributed by atoms with van der Waals surface area (Å²) < 4.78 is 6.71. The first-order chi connectivity index (χ1) is 12.7. The summed E-state index contributed by atoms with van der Waals surface area (Å²) in [7, 11) is 1.61. The number of nitrogens with one attached hydrogen (secondary N) is 1. The van der Waals surface area contributed by atoms with Crippen LogP contribution in [0.5, 0.6) is 5.75 Å². The zero-order valence-corrected chi connectivity index (χ0v) is 14.8. The normalized spacial score (nSPS) is 11.6. The molecule has 0 aliphatic rings. The standard InChI is InChI=1S/C20H21N3O3/c1-14(21-12-13-24)18-19(15-8-10-17(26-2)11-9-15)22-23(20(18)25)16-6-4-3-5-7-16/h3-11,22,24H,12-13H2,1-2H3. The highest BCUT2D eigenvalue weighted by molar-refractivity contribution is 6.03. The van der Waals surface area contributed by atoms with E-state index in [2.05, 4.69) is 10.1 Å². The molecule has 0 fully saturated rings. The Morgan fingerprint density at radius 1 is 1.15 bits per heavy atom. The van der Waals surface area contributed by atoms with Gasteiger partial charge in [-0.1, -0.05) is 18.2 Å². The lowest BCUT2D eigenvalue weighted by atomic mass is 10.1. The Kier molecular flexibility index (Phi) is 5.34. The van der Waals surface area contributed by atoms with Crippen LogP contribution in [0.3, 0.4) is 0 Å². The molecule has 2 N–H and O–H groups in total. The van der Waals surface area contributed by atoms with Gasteiger partial charge in [-0.25, -0.2) is 4.68 Å². The molecule has 0 amide bonds. The van der Waals surface area contributed by atoms with Crippen molar-refractivity contribution in [3.63, 3.8) is 0 Å². The fraction of sp³-hybridized carbons (Fsp3) is 0.200. The smallest absolute Gasteiger partial charge is 0.280 e. The molecule has 6 heteroatoms. The van der Waals surface area contributed by atoms with Crippen LogP contribution < -0.4 is 10.3 Å². The number of aromatic amines is 1. The summed E-state index contributed by atoms with van der Waals surface area (Å²) in [4.78, 5) is 17.4. The molecule has 0 atom stereocenters. The minimum atomic E-state index is -0.179. The average molecular weight is 351 g/mol. The molecule has 0 saturated heterocycles. The molecule has 26 heavy (non-hydrogen) atoms. The van der Waals surface area contributed by atoms with Crippen LogP contribution in [-0.4, -0.2) is 40.9 Å². The third-order valence-electron chi connectivity index (χ3n) is 4.09. The predicted octanol–water partition coefficient (Wildman–Crippen LogP) is 2.64. The lowest BCUT2D eigenvalue weighted by Gasteiger charge is -2.05. The van der Waals surface area contributed by atoms with Gasteiger partial charge in [0.1, 0.15) is 5.75 Å². The predicted molar refractivity (Wildman–Crippen MR) is 103 cm³/mol. The van der Waals surface area contributed by atoms with E-state index in [4.69, 9.17) is 9.84 Å². The maximum atomic E-state index is 13.1. The van der Waals surface area contributed by atoms with E-state index in [0.29, 0.717) is 17.0 Å². The maximum absolute atomic E-state index is 13.1. The first-order valence-corrected chi connectivity index (χ1v) is 8.33. The van der Waals surface area contributed by atoms with Crippen molar-refractivity contribution in [1.82, 2.24) is 9.78 Å². The van der Waals surface area contributed by atoms with Crippen LogP contribution in [0.15, 0.2) is 64.4 Å². The van der Waals surface area contributed by atoms with Gasteiger partial charge in [0.15, 0.2) is 0 Å². The maximum Gasteiger partial charge on any atom is 0.280 e. The Balaban J connectivity index is 2.19. The van der Waals surface area contributed by atoms with Gasteiger partial charge in [-0.15, -0.1) is 0 Å². The lowest BCUT2D eigenvalue weighted by molar-refractivity contribution is 0.307. The van der Waals surface area contributed by atoms with Gasteiger partial charge >= 0.3 is 0 Å². The third kappa shape index (κ3) is 3.45. The molecule has 1 heterocycles. The zero-order chi connectivity index (χ0) is 18.5. The number of para-hydroxylation sites is 1. The van der Waals surface area contributed by atoms with Gasteiger partial charge in [0.05, 0.1) is 37.2 Å². The summed E-state index contributed by atoms with van der Waals surface area (Å²) in [5, 5.41) is 12.2. The first-order valence-electron chi connectivity index (χ1n) is 8.33. The van der Waals surface area contributed by atoms with Gasteiger partial charge in [-0.3, -0.25) is 14.9 Å². The molecular weight excluding hydrogens is 330 g/mol. The Morgan fingerprint density at radius 2 is 1.85 bits per heavy atom. The summed E-state index contributed by atoms with van der Waals surface area (Å²) in [6, 6.07) is 16.8. The minimum absolute atomic E-state index is 0.0630. The fourth-order valence-corrected chi connectivity index (χ4v) is 2.80. The van der Waals surface area contributed by atoms with E-state index in [1.165, 1.54) is 4.68 Å². The number of hydrogen-bond acceptors (Lipinski definition) is 4. The number of aromatic nitrogens is 2. The molecule has 0 spiro atoms. The molecule has 0 radical (unpaired) electrons. The van der Waals surface area contributed by atoms with Crippen molar-refractivity contribution in [1.29, 1.82) is 0 Å². The quantitative estimate of drug-likeness (QED) is 0.670. The molecule has 3 aromatic rings. The Labute approximate surface area is 151 Å². The second-order valence-electron chi connectivity index (χ2n) is 5.76. The van der Waals surface area contributed by atoms with Gasteiger partial charge in [0.25, 0.3) is 5.56 Å². The van der Waals surface area contributed by atoms with Crippen molar-refractivity contribution >= 4 is 5.71 Å². The molecule has 0 aliphatic heterocycles.